The third kappa shape index (κ3) is 9.11. The van der Waals surface area contributed by atoms with E-state index in [1.54, 1.807) is 38.2 Å². The Hall–Kier alpha value is -3.95. The molecule has 2 aromatic carbocycles. The monoisotopic (exact) mass is 738 g/mol. The Morgan fingerprint density at radius 2 is 1.86 bits per heavy atom. The summed E-state index contributed by atoms with van der Waals surface area (Å²) < 4.78 is 18.4. The number of rotatable bonds is 10. The molecule has 2 aliphatic heterocycles. The van der Waals surface area contributed by atoms with Crippen LogP contribution >= 0.6 is 22.7 Å². The number of piperidine rings is 1. The normalized spacial score (nSPS) is 17.1. The van der Waals surface area contributed by atoms with Gasteiger partial charge in [-0.05, 0) is 70.4 Å². The number of phenols is 1. The van der Waals surface area contributed by atoms with E-state index in [1.165, 1.54) is 11.0 Å². The lowest BCUT2D eigenvalue weighted by Crippen LogP contribution is -2.58. The van der Waals surface area contributed by atoms with Crippen molar-refractivity contribution in [2.24, 2.45) is 0 Å². The number of phenolic OH excluding ortho intramolecular Hbond substituents is 1. The lowest BCUT2D eigenvalue weighted by molar-refractivity contribution is -0.127. The molecule has 4 heterocycles. The number of morpholine rings is 1. The molecule has 2 aromatic heterocycles. The number of carbonyl (C=O) groups is 2. The van der Waals surface area contributed by atoms with Crippen LogP contribution in [-0.2, 0) is 16.0 Å². The van der Waals surface area contributed by atoms with Crippen molar-refractivity contribution in [2.75, 3.05) is 52.5 Å². The molecule has 0 unspecified atom stereocenters. The number of aromatic nitrogens is 1. The highest BCUT2D eigenvalue weighted by molar-refractivity contribution is 7.16. The summed E-state index contributed by atoms with van der Waals surface area (Å²) in [5.74, 6) is 0.708. The summed E-state index contributed by atoms with van der Waals surface area (Å²) >= 11 is 2.49. The number of nitrogens with one attached hydrogen (secondary N) is 1. The molecule has 0 saturated carbocycles. The number of carbonyl (C=O) groups excluding carboxylic acids is 2. The predicted octanol–water partition coefficient (Wildman–Crippen LogP) is 5.52. The van der Waals surface area contributed by atoms with E-state index in [4.69, 9.17) is 14.2 Å². The van der Waals surface area contributed by atoms with E-state index in [1.807, 2.05) is 47.5 Å². The van der Waals surface area contributed by atoms with Crippen LogP contribution in [0.15, 0.2) is 52.6 Å². The van der Waals surface area contributed by atoms with Gasteiger partial charge in [0.2, 0.25) is 0 Å². The Balaban J connectivity index is 1.01. The van der Waals surface area contributed by atoms with Crippen molar-refractivity contribution in [3.63, 3.8) is 0 Å². The fourth-order valence-electron chi connectivity index (χ4n) is 6.59. The third-order valence-electron chi connectivity index (χ3n) is 9.25. The number of likely N-dealkylation sites (tertiary alicyclic amines) is 1. The van der Waals surface area contributed by atoms with E-state index in [9.17, 15) is 24.6 Å². The summed E-state index contributed by atoms with van der Waals surface area (Å²) in [5.41, 5.74) is 1.23. The summed E-state index contributed by atoms with van der Waals surface area (Å²) in [6.45, 7) is 12.2. The Morgan fingerprint density at radius 1 is 1.12 bits per heavy atom. The minimum Gasteiger partial charge on any atom is -0.506 e. The molecule has 2 aliphatic rings. The van der Waals surface area contributed by atoms with Crippen LogP contribution in [0.25, 0.3) is 10.2 Å². The molecule has 4 aromatic rings. The van der Waals surface area contributed by atoms with Crippen LogP contribution in [0.2, 0.25) is 0 Å². The van der Waals surface area contributed by atoms with E-state index in [2.05, 4.69) is 9.88 Å². The first-order valence-corrected chi connectivity index (χ1v) is 18.9. The van der Waals surface area contributed by atoms with Crippen molar-refractivity contribution in [1.82, 2.24) is 19.7 Å². The molecule has 0 radical (unpaired) electrons. The van der Waals surface area contributed by atoms with Gasteiger partial charge in [-0.25, -0.2) is 4.79 Å². The van der Waals surface area contributed by atoms with Gasteiger partial charge in [0.05, 0.1) is 41.7 Å². The Morgan fingerprint density at radius 3 is 2.55 bits per heavy atom. The Kier molecular flexibility index (Phi) is 11.1. The number of hydrogen-bond acceptors (Lipinski definition) is 11. The van der Waals surface area contributed by atoms with E-state index in [-0.39, 0.29) is 40.7 Å². The number of aryl methyl sites for hydroxylation is 1. The minimum absolute atomic E-state index is 0.0882. The van der Waals surface area contributed by atoms with Crippen LogP contribution < -0.4 is 9.61 Å². The number of aromatic amines is 1. The molecular weight excluding hydrogens is 693 g/mol. The van der Waals surface area contributed by atoms with Crippen LogP contribution in [0, 0.1) is 6.92 Å². The standard InChI is InChI=1S/C37H46N4O8S2/c1-24-19-26(22-50-24)33(44)40-16-18-48-37(23-40)11-13-39(14-12-37)15-17-47-27-7-5-25(6-8-27)20-41(35(46)49-36(2,3)4)21-30(43)28-9-10-29(42)31-32(28)51-34(45)38-31/h5-10,19,22,30,42-43H,11-18,20-21,23H2,1-4H3,(H,38,45)/t30-/m0/s1. The van der Waals surface area contributed by atoms with Crippen molar-refractivity contribution >= 4 is 44.9 Å². The van der Waals surface area contributed by atoms with Crippen molar-refractivity contribution in [3.8, 4) is 11.5 Å². The SMILES string of the molecule is Cc1cc(C(=O)N2CCOC3(CCN(CCOc4ccc(CN(C[C@H](O)c5ccc(O)c6[nH]c(=O)sc56)C(=O)OC(C)(C)C)cc4)CC3)C2)cs1. The first-order chi connectivity index (χ1) is 24.3. The molecule has 3 N–H and O–H groups in total. The van der Waals surface area contributed by atoms with Gasteiger partial charge in [-0.2, -0.15) is 0 Å². The van der Waals surface area contributed by atoms with Gasteiger partial charge < -0.3 is 39.2 Å². The number of aliphatic hydroxyl groups is 1. The van der Waals surface area contributed by atoms with Crippen LogP contribution in [0.1, 0.15) is 66.1 Å². The summed E-state index contributed by atoms with van der Waals surface area (Å²) in [7, 11) is 0. The third-order valence-corrected chi connectivity index (χ3v) is 11.0. The molecule has 1 spiro atoms. The number of nitrogens with zero attached hydrogens (tertiary/aromatic N) is 3. The lowest BCUT2D eigenvalue weighted by Gasteiger charge is -2.47. The number of H-pyrrole nitrogens is 1. The zero-order chi connectivity index (χ0) is 36.3. The topological polar surface area (TPSA) is 145 Å². The fourth-order valence-corrected chi connectivity index (χ4v) is 8.18. The maximum Gasteiger partial charge on any atom is 0.410 e. The number of amides is 2. The highest BCUT2D eigenvalue weighted by atomic mass is 32.1. The van der Waals surface area contributed by atoms with Gasteiger partial charge in [0.15, 0.2) is 0 Å². The van der Waals surface area contributed by atoms with E-state index in [0.717, 1.165) is 59.8 Å². The second-order valence-electron chi connectivity index (χ2n) is 14.3. The summed E-state index contributed by atoms with van der Waals surface area (Å²) in [4.78, 5) is 47.5. The van der Waals surface area contributed by atoms with Crippen LogP contribution in [0.3, 0.4) is 0 Å². The molecule has 0 bridgehead atoms. The maximum atomic E-state index is 13.3. The number of benzene rings is 2. The average Bonchev–Trinajstić information content (AvgIpc) is 3.71. The molecule has 1 atom stereocenters. The van der Waals surface area contributed by atoms with Crippen LogP contribution in [-0.4, -0.2) is 106 Å². The number of hydrogen-bond donors (Lipinski definition) is 3. The molecule has 2 fully saturated rings. The van der Waals surface area contributed by atoms with Crippen molar-refractivity contribution in [1.29, 1.82) is 0 Å². The molecule has 6 rings (SSSR count). The molecule has 274 valence electrons. The maximum absolute atomic E-state index is 13.3. The molecular formula is C37H46N4O8S2. The quantitative estimate of drug-likeness (QED) is 0.192. The number of ether oxygens (including phenoxy) is 3. The summed E-state index contributed by atoms with van der Waals surface area (Å²) in [6, 6.07) is 12.4. The predicted molar refractivity (Wildman–Crippen MR) is 197 cm³/mol. The molecule has 14 heteroatoms. The van der Waals surface area contributed by atoms with Gasteiger partial charge in [0.25, 0.3) is 5.91 Å². The smallest absolute Gasteiger partial charge is 0.410 e. The number of thiazole rings is 1. The first-order valence-electron chi connectivity index (χ1n) is 17.2. The van der Waals surface area contributed by atoms with Crippen LogP contribution in [0.4, 0.5) is 4.79 Å². The van der Waals surface area contributed by atoms with Crippen molar-refractivity contribution in [2.45, 2.75) is 64.4 Å². The number of aromatic hydroxyl groups is 1. The second-order valence-corrected chi connectivity index (χ2v) is 16.4. The highest BCUT2D eigenvalue weighted by Gasteiger charge is 2.41. The number of aliphatic hydroxyl groups excluding tert-OH is 1. The lowest BCUT2D eigenvalue weighted by atomic mass is 9.89. The van der Waals surface area contributed by atoms with E-state index >= 15 is 0 Å². The van der Waals surface area contributed by atoms with Crippen molar-refractivity contribution in [3.05, 3.63) is 79.1 Å². The largest absolute Gasteiger partial charge is 0.506 e. The van der Waals surface area contributed by atoms with E-state index < -0.39 is 17.8 Å². The number of fused-ring (bicyclic) bond motifs is 1. The fraction of sp³-hybridized carbons (Fsp3) is 0.486. The van der Waals surface area contributed by atoms with Gasteiger partial charge >= 0.3 is 11.0 Å². The van der Waals surface area contributed by atoms with Crippen molar-refractivity contribution < 1.29 is 34.0 Å². The number of thiophene rings is 1. The molecule has 0 aliphatic carbocycles. The van der Waals surface area contributed by atoms with Gasteiger partial charge in [-0.15, -0.1) is 11.3 Å². The van der Waals surface area contributed by atoms with Crippen LogP contribution in [0.5, 0.6) is 11.5 Å². The van der Waals surface area contributed by atoms with Gasteiger partial charge in [-0.3, -0.25) is 14.5 Å². The van der Waals surface area contributed by atoms with Gasteiger partial charge in [0.1, 0.15) is 29.2 Å². The summed E-state index contributed by atoms with van der Waals surface area (Å²) in [6.07, 6.45) is -0.000902. The first kappa shape index (κ1) is 36.8. The molecule has 12 nitrogen and oxygen atoms in total. The Labute approximate surface area is 305 Å². The molecule has 2 saturated heterocycles. The van der Waals surface area contributed by atoms with E-state index in [0.29, 0.717) is 42.3 Å². The average molecular weight is 739 g/mol. The summed E-state index contributed by atoms with van der Waals surface area (Å²) in [5, 5.41) is 23.3. The minimum atomic E-state index is -1.14. The van der Waals surface area contributed by atoms with Gasteiger partial charge in [-0.1, -0.05) is 29.5 Å². The zero-order valence-electron chi connectivity index (χ0n) is 29.5. The Bertz CT molecular complexity index is 1890. The second kappa shape index (κ2) is 15.3. The molecule has 51 heavy (non-hydrogen) atoms. The molecule has 2 amide bonds. The van der Waals surface area contributed by atoms with Gasteiger partial charge in [0, 0.05) is 48.5 Å². The highest BCUT2D eigenvalue weighted by Crippen LogP contribution is 2.33. The zero-order valence-corrected chi connectivity index (χ0v) is 31.1.